The van der Waals surface area contributed by atoms with Gasteiger partial charge in [-0.25, -0.2) is 4.40 Å². The van der Waals surface area contributed by atoms with Crippen molar-refractivity contribution >= 4 is 35.0 Å². The topological polar surface area (TPSA) is 12.4 Å². The van der Waals surface area contributed by atoms with Crippen LogP contribution in [0.2, 0.25) is 0 Å². The van der Waals surface area contributed by atoms with Crippen molar-refractivity contribution in [2.75, 3.05) is 0 Å². The first kappa shape index (κ1) is 8.74. The molecule has 0 radical (unpaired) electrons. The lowest BCUT2D eigenvalue weighted by Crippen LogP contribution is -1.81. The third-order valence-electron chi connectivity index (χ3n) is 2.48. The van der Waals surface area contributed by atoms with E-state index in [1.54, 1.807) is 11.9 Å². The molecule has 72 valence electrons. The van der Waals surface area contributed by atoms with Crippen LogP contribution in [0.15, 0.2) is 51.8 Å². The predicted molar refractivity (Wildman–Crippen MR) is 67.3 cm³/mol. The van der Waals surface area contributed by atoms with Crippen molar-refractivity contribution in [2.24, 2.45) is 4.40 Å². The first-order valence-corrected chi connectivity index (χ1v) is 5.61. The highest BCUT2D eigenvalue weighted by molar-refractivity contribution is 7.98. The zero-order valence-corrected chi connectivity index (χ0v) is 8.87. The monoisotopic (exact) mass is 211 g/mol. The maximum absolute atomic E-state index is 4.27. The van der Waals surface area contributed by atoms with Gasteiger partial charge in [0.15, 0.2) is 0 Å². The highest BCUT2D eigenvalue weighted by Crippen LogP contribution is 2.33. The van der Waals surface area contributed by atoms with Gasteiger partial charge in [-0.2, -0.15) is 0 Å². The molecule has 1 nitrogen and oxygen atoms in total. The first-order valence-electron chi connectivity index (χ1n) is 4.84. The van der Waals surface area contributed by atoms with Crippen LogP contribution in [0.3, 0.4) is 0 Å². The quantitative estimate of drug-likeness (QED) is 0.601. The van der Waals surface area contributed by atoms with Crippen LogP contribution in [0, 0.1) is 0 Å². The van der Waals surface area contributed by atoms with Crippen molar-refractivity contribution in [1.82, 2.24) is 0 Å². The van der Waals surface area contributed by atoms with Crippen molar-refractivity contribution in [2.45, 2.75) is 4.90 Å². The molecule has 2 aromatic rings. The second-order valence-electron chi connectivity index (χ2n) is 3.41. The van der Waals surface area contributed by atoms with E-state index in [2.05, 4.69) is 46.9 Å². The van der Waals surface area contributed by atoms with Gasteiger partial charge in [0.05, 0.1) is 0 Å². The maximum atomic E-state index is 4.27. The molecule has 0 bridgehead atoms. The molecule has 0 fully saturated rings. The van der Waals surface area contributed by atoms with Gasteiger partial charge in [0, 0.05) is 23.1 Å². The van der Waals surface area contributed by atoms with Gasteiger partial charge in [-0.15, -0.1) is 0 Å². The fourth-order valence-electron chi connectivity index (χ4n) is 1.76. The molecule has 0 unspecified atom stereocenters. The molecular weight excluding hydrogens is 202 g/mol. The zero-order valence-electron chi connectivity index (χ0n) is 8.05. The number of hydrogen-bond donors (Lipinski definition) is 0. The minimum Gasteiger partial charge on any atom is -0.219 e. The highest BCUT2D eigenvalue weighted by atomic mass is 32.2. The van der Waals surface area contributed by atoms with E-state index in [1.165, 1.54) is 21.2 Å². The highest BCUT2D eigenvalue weighted by Gasteiger charge is 2.06. The minimum atomic E-state index is 1.25. The van der Waals surface area contributed by atoms with Crippen LogP contribution in [-0.4, -0.2) is 6.21 Å². The molecule has 0 atom stereocenters. The zero-order chi connectivity index (χ0) is 10.1. The summed E-state index contributed by atoms with van der Waals surface area (Å²) in [5.41, 5.74) is 1.25. The van der Waals surface area contributed by atoms with Crippen molar-refractivity contribution in [3.63, 3.8) is 0 Å². The van der Waals surface area contributed by atoms with Crippen molar-refractivity contribution < 1.29 is 0 Å². The number of nitrogens with zero attached hydrogens (tertiary/aromatic N) is 1. The Morgan fingerprint density at radius 1 is 1.00 bits per heavy atom. The molecule has 2 aromatic carbocycles. The molecule has 3 rings (SSSR count). The van der Waals surface area contributed by atoms with Gasteiger partial charge >= 0.3 is 0 Å². The SMILES string of the molecule is C1=Cc2ccc3ccccc3c2SN=C1. The smallest absolute Gasteiger partial charge is 0.0456 e. The Balaban J connectivity index is 2.38. The Bertz CT molecular complexity index is 570. The molecule has 0 N–H and O–H groups in total. The van der Waals surface area contributed by atoms with Gasteiger partial charge in [-0.1, -0.05) is 42.5 Å². The van der Waals surface area contributed by atoms with E-state index in [0.29, 0.717) is 0 Å². The van der Waals surface area contributed by atoms with Gasteiger partial charge < -0.3 is 0 Å². The Hall–Kier alpha value is -1.54. The largest absolute Gasteiger partial charge is 0.219 e. The lowest BCUT2D eigenvalue weighted by Gasteiger charge is -2.05. The Kier molecular flexibility index (Phi) is 2.07. The minimum absolute atomic E-state index is 1.25. The van der Waals surface area contributed by atoms with Gasteiger partial charge in [0.2, 0.25) is 0 Å². The molecule has 0 spiro atoms. The van der Waals surface area contributed by atoms with Crippen LogP contribution in [0.25, 0.3) is 16.8 Å². The predicted octanol–water partition coefficient (Wildman–Crippen LogP) is 3.94. The van der Waals surface area contributed by atoms with Crippen molar-refractivity contribution in [3.05, 3.63) is 48.0 Å². The van der Waals surface area contributed by atoms with E-state index in [4.69, 9.17) is 0 Å². The molecule has 0 saturated heterocycles. The van der Waals surface area contributed by atoms with Crippen LogP contribution < -0.4 is 0 Å². The van der Waals surface area contributed by atoms with E-state index in [1.807, 2.05) is 12.3 Å². The second kappa shape index (κ2) is 3.55. The summed E-state index contributed by atoms with van der Waals surface area (Å²) in [6.07, 6.45) is 5.92. The Labute approximate surface area is 92.7 Å². The van der Waals surface area contributed by atoms with Gasteiger partial charge in [-0.3, -0.25) is 0 Å². The number of hydrogen-bond acceptors (Lipinski definition) is 2. The Morgan fingerprint density at radius 2 is 1.93 bits per heavy atom. The summed E-state index contributed by atoms with van der Waals surface area (Å²) in [4.78, 5) is 1.25. The maximum Gasteiger partial charge on any atom is 0.0456 e. The van der Waals surface area contributed by atoms with E-state index >= 15 is 0 Å². The van der Waals surface area contributed by atoms with E-state index in [0.717, 1.165) is 0 Å². The molecule has 1 heterocycles. The summed E-state index contributed by atoms with van der Waals surface area (Å²) >= 11 is 1.55. The summed E-state index contributed by atoms with van der Waals surface area (Å²) < 4.78 is 4.27. The fourth-order valence-corrected chi connectivity index (χ4v) is 2.52. The summed E-state index contributed by atoms with van der Waals surface area (Å²) in [6.45, 7) is 0. The fraction of sp³-hybridized carbons (Fsp3) is 0. The number of rotatable bonds is 0. The van der Waals surface area contributed by atoms with E-state index in [-0.39, 0.29) is 0 Å². The third-order valence-corrected chi connectivity index (χ3v) is 3.34. The summed E-state index contributed by atoms with van der Waals surface area (Å²) in [7, 11) is 0. The molecule has 0 saturated carbocycles. The third kappa shape index (κ3) is 1.47. The first-order chi connectivity index (χ1) is 7.45. The molecule has 1 aliphatic heterocycles. The number of benzene rings is 2. The van der Waals surface area contributed by atoms with E-state index < -0.39 is 0 Å². The molecular formula is C13H9NS. The van der Waals surface area contributed by atoms with Gasteiger partial charge in [-0.05, 0) is 22.4 Å². The summed E-state index contributed by atoms with van der Waals surface area (Å²) in [5, 5.41) is 2.55. The van der Waals surface area contributed by atoms with Gasteiger partial charge in [0.25, 0.3) is 0 Å². The Morgan fingerprint density at radius 3 is 2.93 bits per heavy atom. The average molecular weight is 211 g/mol. The average Bonchev–Trinajstić information content (AvgIpc) is 2.54. The lowest BCUT2D eigenvalue weighted by molar-refractivity contribution is 1.50. The van der Waals surface area contributed by atoms with Crippen molar-refractivity contribution in [1.29, 1.82) is 0 Å². The van der Waals surface area contributed by atoms with Crippen LogP contribution in [-0.2, 0) is 0 Å². The van der Waals surface area contributed by atoms with E-state index in [9.17, 15) is 0 Å². The summed E-state index contributed by atoms with van der Waals surface area (Å²) in [5.74, 6) is 0. The second-order valence-corrected chi connectivity index (χ2v) is 4.21. The van der Waals surface area contributed by atoms with Crippen LogP contribution in [0.1, 0.15) is 5.56 Å². The normalized spacial score (nSPS) is 13.9. The molecule has 1 aliphatic rings. The molecule has 15 heavy (non-hydrogen) atoms. The molecule has 0 aromatic heterocycles. The summed E-state index contributed by atoms with van der Waals surface area (Å²) in [6, 6.07) is 12.7. The van der Waals surface area contributed by atoms with Crippen LogP contribution in [0.5, 0.6) is 0 Å². The molecule has 2 heteroatoms. The molecule has 0 amide bonds. The van der Waals surface area contributed by atoms with Crippen LogP contribution >= 0.6 is 11.9 Å². The molecule has 0 aliphatic carbocycles. The van der Waals surface area contributed by atoms with Crippen molar-refractivity contribution in [3.8, 4) is 0 Å². The lowest BCUT2D eigenvalue weighted by atomic mass is 10.1. The number of allylic oxidation sites excluding steroid dienone is 1. The number of fused-ring (bicyclic) bond motifs is 3. The standard InChI is InChI=1S/C13H9NS/c1-2-6-12-10(4-1)7-8-11-5-3-9-14-15-13(11)12/h1-9H. The van der Waals surface area contributed by atoms with Crippen LogP contribution in [0.4, 0.5) is 0 Å². The van der Waals surface area contributed by atoms with Gasteiger partial charge in [0.1, 0.15) is 0 Å².